The number of methoxy groups -OCH3 is 1. The summed E-state index contributed by atoms with van der Waals surface area (Å²) in [6, 6.07) is 1.44. The lowest BCUT2D eigenvalue weighted by Gasteiger charge is -2.43. The third-order valence-electron chi connectivity index (χ3n) is 5.32. The fourth-order valence-corrected chi connectivity index (χ4v) is 3.56. The van der Waals surface area contributed by atoms with Crippen molar-refractivity contribution in [3.05, 3.63) is 34.1 Å². The number of benzene rings is 1. The quantitative estimate of drug-likeness (QED) is 0.765. The van der Waals surface area contributed by atoms with E-state index in [2.05, 4.69) is 0 Å². The molecule has 0 saturated heterocycles. The lowest BCUT2D eigenvalue weighted by atomic mass is 9.79. The van der Waals surface area contributed by atoms with Crippen molar-refractivity contribution in [2.45, 2.75) is 52.4 Å². The molecule has 0 saturated carbocycles. The van der Waals surface area contributed by atoms with Gasteiger partial charge in [-0.2, -0.15) is 0 Å². The highest BCUT2D eigenvalue weighted by molar-refractivity contribution is 6.03. The largest absolute Gasteiger partial charge is 0.508 e. The maximum absolute atomic E-state index is 12.9. The van der Waals surface area contributed by atoms with Gasteiger partial charge in [0.2, 0.25) is 5.78 Å². The summed E-state index contributed by atoms with van der Waals surface area (Å²) < 4.78 is 22.5. The molecule has 1 heterocycles. The van der Waals surface area contributed by atoms with Crippen molar-refractivity contribution in [1.82, 2.24) is 0 Å². The molecule has 0 fully saturated rings. The van der Waals surface area contributed by atoms with Gasteiger partial charge >= 0.3 is 11.9 Å². The van der Waals surface area contributed by atoms with E-state index in [-0.39, 0.29) is 28.4 Å². The van der Waals surface area contributed by atoms with Crippen molar-refractivity contribution in [2.75, 3.05) is 7.11 Å². The van der Waals surface area contributed by atoms with Gasteiger partial charge < -0.3 is 24.1 Å². The second-order valence-corrected chi connectivity index (χ2v) is 7.16. The monoisotopic (exact) mass is 390 g/mol. The highest BCUT2D eigenvalue weighted by atomic mass is 16.6. The summed E-state index contributed by atoms with van der Waals surface area (Å²) in [5.74, 6) is -1.81. The van der Waals surface area contributed by atoms with Crippen LogP contribution in [0.2, 0.25) is 0 Å². The van der Waals surface area contributed by atoms with Gasteiger partial charge in [0.05, 0.1) is 0 Å². The number of esters is 2. The van der Waals surface area contributed by atoms with Crippen molar-refractivity contribution >= 4 is 17.7 Å². The first kappa shape index (κ1) is 19.9. The van der Waals surface area contributed by atoms with Crippen molar-refractivity contribution in [1.29, 1.82) is 0 Å². The number of ether oxygens (including phenoxy) is 4. The number of Topliss-reactive ketones (excluding diaryl/α,β-unsaturated/α-hetero) is 1. The zero-order valence-corrected chi connectivity index (χ0v) is 16.5. The van der Waals surface area contributed by atoms with Gasteiger partial charge in [-0.1, -0.05) is 0 Å². The third kappa shape index (κ3) is 2.75. The van der Waals surface area contributed by atoms with Gasteiger partial charge in [0.25, 0.3) is 0 Å². The molecule has 2 aliphatic rings. The molecule has 0 unspecified atom stereocenters. The molecule has 0 bridgehead atoms. The Morgan fingerprint density at radius 1 is 1.25 bits per heavy atom. The SMILES string of the molecule is CO[C@@]1(C)[C@H](OC(C)=O)C(=O)C(C)=C2OC(=O)c3c(C)cc(O)c(C)c3O[C@@H]21. The first-order valence-corrected chi connectivity index (χ1v) is 8.72. The van der Waals surface area contributed by atoms with Gasteiger partial charge in [0.1, 0.15) is 17.1 Å². The summed E-state index contributed by atoms with van der Waals surface area (Å²) in [7, 11) is 1.35. The van der Waals surface area contributed by atoms with Crippen LogP contribution in [-0.2, 0) is 23.8 Å². The summed E-state index contributed by atoms with van der Waals surface area (Å²) in [5.41, 5.74) is -0.408. The van der Waals surface area contributed by atoms with E-state index in [0.29, 0.717) is 11.1 Å². The molecule has 0 radical (unpaired) electrons. The molecule has 8 heteroatoms. The van der Waals surface area contributed by atoms with Crippen LogP contribution in [0, 0.1) is 13.8 Å². The van der Waals surface area contributed by atoms with Gasteiger partial charge in [0, 0.05) is 25.2 Å². The molecule has 3 rings (SSSR count). The van der Waals surface area contributed by atoms with E-state index >= 15 is 0 Å². The van der Waals surface area contributed by atoms with E-state index in [0.717, 1.165) is 0 Å². The molecular weight excluding hydrogens is 368 g/mol. The fourth-order valence-electron chi connectivity index (χ4n) is 3.56. The van der Waals surface area contributed by atoms with Crippen LogP contribution in [0.3, 0.4) is 0 Å². The molecule has 1 N–H and O–H groups in total. The average Bonchev–Trinajstić information content (AvgIpc) is 2.78. The molecule has 0 aromatic heterocycles. The summed E-state index contributed by atoms with van der Waals surface area (Å²) in [6.07, 6.45) is -2.35. The average molecular weight is 390 g/mol. The second kappa shape index (κ2) is 6.63. The minimum Gasteiger partial charge on any atom is -0.508 e. The highest BCUT2D eigenvalue weighted by Crippen LogP contribution is 2.44. The number of phenols is 1. The van der Waals surface area contributed by atoms with Crippen LogP contribution in [0.25, 0.3) is 0 Å². The van der Waals surface area contributed by atoms with Crippen LogP contribution >= 0.6 is 0 Å². The molecule has 1 aliphatic heterocycles. The molecule has 150 valence electrons. The number of aromatic hydroxyl groups is 1. The van der Waals surface area contributed by atoms with Crippen LogP contribution in [0.15, 0.2) is 17.4 Å². The smallest absolute Gasteiger partial charge is 0.347 e. The van der Waals surface area contributed by atoms with Gasteiger partial charge in [0.15, 0.2) is 23.6 Å². The summed E-state index contributed by atoms with van der Waals surface area (Å²) in [5, 5.41) is 10.2. The van der Waals surface area contributed by atoms with Crippen LogP contribution in [0.5, 0.6) is 11.5 Å². The minimum absolute atomic E-state index is 0.00255. The van der Waals surface area contributed by atoms with Crippen molar-refractivity contribution in [3.63, 3.8) is 0 Å². The first-order valence-electron chi connectivity index (χ1n) is 8.72. The van der Waals surface area contributed by atoms with Gasteiger partial charge in [-0.3, -0.25) is 9.59 Å². The molecule has 1 aliphatic carbocycles. The van der Waals surface area contributed by atoms with E-state index < -0.39 is 35.5 Å². The predicted octanol–water partition coefficient (Wildman–Crippen LogP) is 2.12. The van der Waals surface area contributed by atoms with Crippen LogP contribution in [0.4, 0.5) is 0 Å². The number of carbonyl (C=O) groups excluding carboxylic acids is 3. The van der Waals surface area contributed by atoms with Crippen molar-refractivity contribution < 1.29 is 38.4 Å². The number of fused-ring (bicyclic) bond motifs is 2. The van der Waals surface area contributed by atoms with Crippen LogP contribution < -0.4 is 4.74 Å². The molecule has 0 amide bonds. The van der Waals surface area contributed by atoms with E-state index in [1.54, 1.807) is 20.8 Å². The normalized spacial score (nSPS) is 26.6. The Balaban J connectivity index is 2.27. The molecule has 28 heavy (non-hydrogen) atoms. The Morgan fingerprint density at radius 3 is 2.46 bits per heavy atom. The maximum atomic E-state index is 12.9. The zero-order valence-electron chi connectivity index (χ0n) is 16.5. The second-order valence-electron chi connectivity index (χ2n) is 7.16. The number of carbonyl (C=O) groups is 3. The van der Waals surface area contributed by atoms with Crippen LogP contribution in [-0.4, -0.2) is 47.7 Å². The number of ketones is 1. The Bertz CT molecular complexity index is 929. The first-order chi connectivity index (χ1) is 13.0. The standard InChI is InChI=1S/C20H22O8/c1-8-7-12(22)9(2)15-13(8)19(24)28-16-10(3)14(23)17(26-11(4)21)20(5,25-6)18(16)27-15/h7,17-18,22H,1-6H3/t17-,18+,20+/m1/s1. The number of rotatable bonds is 2. The van der Waals surface area contributed by atoms with E-state index in [1.165, 1.54) is 27.0 Å². The maximum Gasteiger partial charge on any atom is 0.347 e. The minimum atomic E-state index is -1.47. The van der Waals surface area contributed by atoms with Crippen LogP contribution in [0.1, 0.15) is 42.3 Å². The predicted molar refractivity (Wildman–Crippen MR) is 96.1 cm³/mol. The number of hydrogen-bond acceptors (Lipinski definition) is 8. The highest BCUT2D eigenvalue weighted by Gasteiger charge is 2.58. The summed E-state index contributed by atoms with van der Waals surface area (Å²) >= 11 is 0. The van der Waals surface area contributed by atoms with E-state index in [9.17, 15) is 19.5 Å². The molecular formula is C20H22O8. The molecule has 1 aromatic rings. The van der Waals surface area contributed by atoms with Crippen molar-refractivity contribution in [2.24, 2.45) is 0 Å². The van der Waals surface area contributed by atoms with Gasteiger partial charge in [-0.25, -0.2) is 4.79 Å². The van der Waals surface area contributed by atoms with Gasteiger partial charge in [-0.15, -0.1) is 0 Å². The Kier molecular flexibility index (Phi) is 4.71. The molecule has 1 aromatic carbocycles. The Labute approximate surface area is 162 Å². The number of hydrogen-bond donors (Lipinski definition) is 1. The third-order valence-corrected chi connectivity index (χ3v) is 5.32. The molecule has 8 nitrogen and oxygen atoms in total. The summed E-state index contributed by atoms with van der Waals surface area (Å²) in [4.78, 5) is 37.3. The lowest BCUT2D eigenvalue weighted by Crippen LogP contribution is -2.62. The number of aryl methyl sites for hydroxylation is 1. The van der Waals surface area contributed by atoms with E-state index in [4.69, 9.17) is 18.9 Å². The Hall–Kier alpha value is -2.87. The van der Waals surface area contributed by atoms with E-state index in [1.807, 2.05) is 0 Å². The molecule has 3 atom stereocenters. The lowest BCUT2D eigenvalue weighted by molar-refractivity contribution is -0.187. The van der Waals surface area contributed by atoms with Crippen molar-refractivity contribution in [3.8, 4) is 11.5 Å². The molecule has 0 spiro atoms. The zero-order chi connectivity index (χ0) is 21.0. The number of phenolic OH excluding ortho intramolecular Hbond substituents is 1. The fraction of sp³-hybridized carbons (Fsp3) is 0.450. The Morgan fingerprint density at radius 2 is 1.89 bits per heavy atom. The summed E-state index contributed by atoms with van der Waals surface area (Å²) in [6.45, 7) is 7.44. The van der Waals surface area contributed by atoms with Gasteiger partial charge in [-0.05, 0) is 39.3 Å². The topological polar surface area (TPSA) is 108 Å².